The lowest BCUT2D eigenvalue weighted by Gasteiger charge is -2.18. The van der Waals surface area contributed by atoms with Gasteiger partial charge >= 0.3 is 12.4 Å². The van der Waals surface area contributed by atoms with Crippen LogP contribution in [0.25, 0.3) is 0 Å². The van der Waals surface area contributed by atoms with Gasteiger partial charge in [-0.15, -0.1) is 0 Å². The molecule has 0 spiro atoms. The zero-order valence-corrected chi connectivity index (χ0v) is 8.13. The van der Waals surface area contributed by atoms with Crippen LogP contribution in [0.4, 0.5) is 32.0 Å². The SMILES string of the molecule is Nc1ccc(Cl)c(C(F)(F)F)c1C(F)(F)F. The van der Waals surface area contributed by atoms with Gasteiger partial charge in [0.15, 0.2) is 0 Å². The van der Waals surface area contributed by atoms with E-state index in [2.05, 4.69) is 0 Å². The van der Waals surface area contributed by atoms with E-state index < -0.39 is 34.2 Å². The molecule has 0 heterocycles. The lowest BCUT2D eigenvalue weighted by atomic mass is 10.0. The zero-order chi connectivity index (χ0) is 12.7. The third kappa shape index (κ3) is 2.34. The van der Waals surface area contributed by atoms with Crippen LogP contribution in [0.15, 0.2) is 12.1 Å². The number of rotatable bonds is 0. The van der Waals surface area contributed by atoms with Crippen LogP contribution in [0.1, 0.15) is 11.1 Å². The van der Waals surface area contributed by atoms with Crippen LogP contribution >= 0.6 is 11.6 Å². The number of benzene rings is 1. The second kappa shape index (κ2) is 3.73. The highest BCUT2D eigenvalue weighted by molar-refractivity contribution is 6.31. The van der Waals surface area contributed by atoms with Crippen LogP contribution in [0.3, 0.4) is 0 Å². The first-order valence-corrected chi connectivity index (χ1v) is 4.15. The number of nitrogens with two attached hydrogens (primary N) is 1. The van der Waals surface area contributed by atoms with Gasteiger partial charge < -0.3 is 5.73 Å². The molecule has 0 unspecified atom stereocenters. The number of hydrogen-bond donors (Lipinski definition) is 1. The Bertz CT molecular complexity index is 369. The second-order valence-electron chi connectivity index (χ2n) is 2.88. The second-order valence-corrected chi connectivity index (χ2v) is 3.29. The van der Waals surface area contributed by atoms with E-state index in [9.17, 15) is 26.3 Å². The fourth-order valence-electron chi connectivity index (χ4n) is 1.18. The molecule has 1 nitrogen and oxygen atoms in total. The molecule has 90 valence electrons. The van der Waals surface area contributed by atoms with Crippen molar-refractivity contribution >= 4 is 17.3 Å². The normalized spacial score (nSPS) is 12.9. The van der Waals surface area contributed by atoms with Crippen LogP contribution in [0.5, 0.6) is 0 Å². The molecular weight excluding hydrogens is 260 g/mol. The van der Waals surface area contributed by atoms with E-state index in [4.69, 9.17) is 17.3 Å². The van der Waals surface area contributed by atoms with E-state index >= 15 is 0 Å². The average Bonchev–Trinajstić information content (AvgIpc) is 2.04. The first-order valence-electron chi connectivity index (χ1n) is 3.77. The first kappa shape index (κ1) is 13.0. The van der Waals surface area contributed by atoms with Gasteiger partial charge in [-0.1, -0.05) is 11.6 Å². The van der Waals surface area contributed by atoms with Crippen molar-refractivity contribution in [1.82, 2.24) is 0 Å². The van der Waals surface area contributed by atoms with Gasteiger partial charge in [-0.3, -0.25) is 0 Å². The molecule has 1 aromatic carbocycles. The van der Waals surface area contributed by atoms with Crippen molar-refractivity contribution in [2.24, 2.45) is 0 Å². The van der Waals surface area contributed by atoms with E-state index in [1.807, 2.05) is 0 Å². The maximum atomic E-state index is 12.4. The van der Waals surface area contributed by atoms with Crippen molar-refractivity contribution in [3.63, 3.8) is 0 Å². The smallest absolute Gasteiger partial charge is 0.398 e. The largest absolute Gasteiger partial charge is 0.419 e. The van der Waals surface area contributed by atoms with Crippen molar-refractivity contribution in [2.75, 3.05) is 5.73 Å². The fourth-order valence-corrected chi connectivity index (χ4v) is 1.44. The van der Waals surface area contributed by atoms with E-state index in [0.29, 0.717) is 12.1 Å². The Labute approximate surface area is 90.8 Å². The minimum Gasteiger partial charge on any atom is -0.398 e. The van der Waals surface area contributed by atoms with Crippen molar-refractivity contribution in [1.29, 1.82) is 0 Å². The van der Waals surface area contributed by atoms with Gasteiger partial charge in [-0.25, -0.2) is 0 Å². The summed E-state index contributed by atoms with van der Waals surface area (Å²) in [5.41, 5.74) is -0.0237. The summed E-state index contributed by atoms with van der Waals surface area (Å²) in [4.78, 5) is 0. The molecule has 0 saturated carbocycles. The molecule has 0 aliphatic carbocycles. The van der Waals surface area contributed by atoms with Crippen molar-refractivity contribution in [3.8, 4) is 0 Å². The molecule has 1 rings (SSSR count). The summed E-state index contributed by atoms with van der Waals surface area (Å²) in [7, 11) is 0. The molecule has 8 heteroatoms. The Kier molecular flexibility index (Phi) is 3.02. The molecule has 2 N–H and O–H groups in total. The summed E-state index contributed by atoms with van der Waals surface area (Å²) < 4.78 is 74.3. The highest BCUT2D eigenvalue weighted by atomic mass is 35.5. The van der Waals surface area contributed by atoms with E-state index in [0.717, 1.165) is 0 Å². The number of halogens is 7. The molecule has 0 aliphatic heterocycles. The third-order valence-corrected chi connectivity index (χ3v) is 2.07. The van der Waals surface area contributed by atoms with E-state index in [1.165, 1.54) is 0 Å². The van der Waals surface area contributed by atoms with Gasteiger partial charge in [0.05, 0.1) is 16.1 Å². The van der Waals surface area contributed by atoms with Crippen LogP contribution in [0.2, 0.25) is 5.02 Å². The fraction of sp³-hybridized carbons (Fsp3) is 0.250. The van der Waals surface area contributed by atoms with Crippen LogP contribution in [-0.4, -0.2) is 0 Å². The van der Waals surface area contributed by atoms with Crippen molar-refractivity contribution < 1.29 is 26.3 Å². The summed E-state index contributed by atoms with van der Waals surface area (Å²) >= 11 is 5.12. The Hall–Kier alpha value is -1.11. The van der Waals surface area contributed by atoms with Crippen LogP contribution in [-0.2, 0) is 12.4 Å². The third-order valence-electron chi connectivity index (χ3n) is 1.75. The molecule has 0 saturated heterocycles. The topological polar surface area (TPSA) is 26.0 Å². The predicted octanol–water partition coefficient (Wildman–Crippen LogP) is 3.96. The number of nitrogen functional groups attached to an aromatic ring is 1. The van der Waals surface area contributed by atoms with Crippen molar-refractivity contribution in [2.45, 2.75) is 12.4 Å². The van der Waals surface area contributed by atoms with Crippen molar-refractivity contribution in [3.05, 3.63) is 28.3 Å². The predicted molar refractivity (Wildman–Crippen MR) is 45.9 cm³/mol. The highest BCUT2D eigenvalue weighted by Crippen LogP contribution is 2.46. The lowest BCUT2D eigenvalue weighted by molar-refractivity contribution is -0.161. The Balaban J connectivity index is 3.64. The molecule has 16 heavy (non-hydrogen) atoms. The summed E-state index contributed by atoms with van der Waals surface area (Å²) in [6, 6.07) is 1.36. The zero-order valence-electron chi connectivity index (χ0n) is 7.38. The quantitative estimate of drug-likeness (QED) is 0.556. The maximum absolute atomic E-state index is 12.4. The molecule has 0 aromatic heterocycles. The van der Waals surface area contributed by atoms with Gasteiger partial charge in [-0.2, -0.15) is 26.3 Å². The molecule has 0 atom stereocenters. The monoisotopic (exact) mass is 263 g/mol. The van der Waals surface area contributed by atoms with Gasteiger partial charge in [0.1, 0.15) is 0 Å². The Morgan fingerprint density at radius 1 is 0.875 bits per heavy atom. The van der Waals surface area contributed by atoms with Gasteiger partial charge in [0.2, 0.25) is 0 Å². The van der Waals surface area contributed by atoms with E-state index in [1.54, 1.807) is 0 Å². The molecule has 0 aliphatic rings. The minimum absolute atomic E-state index is 0.676. The lowest BCUT2D eigenvalue weighted by Crippen LogP contribution is -2.19. The van der Waals surface area contributed by atoms with E-state index in [-0.39, 0.29) is 0 Å². The summed E-state index contributed by atoms with van der Waals surface area (Å²) in [5.74, 6) is 0. The summed E-state index contributed by atoms with van der Waals surface area (Å²) in [6.07, 6.45) is -10.4. The molecular formula is C8H4ClF6N. The highest BCUT2D eigenvalue weighted by Gasteiger charge is 2.46. The molecule has 1 aromatic rings. The molecule has 0 radical (unpaired) electrons. The van der Waals surface area contributed by atoms with Gasteiger partial charge in [0, 0.05) is 5.69 Å². The van der Waals surface area contributed by atoms with Gasteiger partial charge in [0.25, 0.3) is 0 Å². The number of hydrogen-bond acceptors (Lipinski definition) is 1. The number of anilines is 1. The summed E-state index contributed by atoms with van der Waals surface area (Å²) in [6.45, 7) is 0. The molecule has 0 amide bonds. The van der Waals surface area contributed by atoms with Crippen LogP contribution < -0.4 is 5.73 Å². The standard InChI is InChI=1S/C8H4ClF6N/c9-3-1-2-4(16)6(8(13,14)15)5(3)7(10,11)12/h1-2H,16H2. The average molecular weight is 264 g/mol. The number of alkyl halides is 6. The molecule has 0 fully saturated rings. The Morgan fingerprint density at radius 2 is 1.31 bits per heavy atom. The maximum Gasteiger partial charge on any atom is 0.419 e. The van der Waals surface area contributed by atoms with Crippen LogP contribution in [0, 0.1) is 0 Å². The Morgan fingerprint density at radius 3 is 1.62 bits per heavy atom. The molecule has 0 bridgehead atoms. The summed E-state index contributed by atoms with van der Waals surface area (Å²) in [5, 5.41) is -1.03. The first-order chi connectivity index (χ1) is 7.05. The minimum atomic E-state index is -5.21. The van der Waals surface area contributed by atoms with Gasteiger partial charge in [-0.05, 0) is 12.1 Å².